The van der Waals surface area contributed by atoms with Crippen LogP contribution in [-0.4, -0.2) is 43.7 Å². The van der Waals surface area contributed by atoms with Crippen molar-refractivity contribution in [1.82, 2.24) is 10.6 Å². The van der Waals surface area contributed by atoms with E-state index in [1.54, 1.807) is 19.1 Å². The number of amides is 2. The highest BCUT2D eigenvalue weighted by atomic mass is 16.5. The summed E-state index contributed by atoms with van der Waals surface area (Å²) in [7, 11) is 0. The number of benzene rings is 1. The molecule has 2 atom stereocenters. The van der Waals surface area contributed by atoms with Gasteiger partial charge in [-0.15, -0.1) is 0 Å². The highest BCUT2D eigenvalue weighted by molar-refractivity contribution is 5.97. The van der Waals surface area contributed by atoms with Crippen molar-refractivity contribution in [2.75, 3.05) is 25.1 Å². The molecule has 0 radical (unpaired) electrons. The lowest BCUT2D eigenvalue weighted by Gasteiger charge is -2.23. The fourth-order valence-electron chi connectivity index (χ4n) is 2.20. The number of carbonyl (C=O) groups excluding carboxylic acids is 2. The van der Waals surface area contributed by atoms with Gasteiger partial charge in [-0.2, -0.15) is 0 Å². The fraction of sp³-hybridized carbons (Fsp3) is 0.556. The van der Waals surface area contributed by atoms with Crippen LogP contribution in [0.1, 0.15) is 27.7 Å². The van der Waals surface area contributed by atoms with Crippen LogP contribution in [-0.2, 0) is 14.3 Å². The Morgan fingerprint density at radius 1 is 1.08 bits per heavy atom. The molecule has 0 bridgehead atoms. The second-order valence-electron chi connectivity index (χ2n) is 5.96. The lowest BCUT2D eigenvalue weighted by Crippen LogP contribution is -2.52. The number of ether oxygens (including phenoxy) is 1. The van der Waals surface area contributed by atoms with Crippen LogP contribution >= 0.6 is 0 Å². The molecule has 1 aromatic rings. The molecule has 0 aliphatic heterocycles. The van der Waals surface area contributed by atoms with E-state index >= 15 is 0 Å². The normalized spacial score (nSPS) is 13.4. The third-order valence-corrected chi connectivity index (χ3v) is 3.56. The van der Waals surface area contributed by atoms with E-state index in [0.717, 1.165) is 0 Å². The molecule has 0 fully saturated rings. The van der Waals surface area contributed by atoms with Crippen LogP contribution in [0, 0.1) is 5.92 Å². The van der Waals surface area contributed by atoms with Crippen molar-refractivity contribution < 1.29 is 14.3 Å². The zero-order valence-corrected chi connectivity index (χ0v) is 15.0. The van der Waals surface area contributed by atoms with Crippen molar-refractivity contribution in [3.05, 3.63) is 30.3 Å². The Hall–Kier alpha value is -1.92. The smallest absolute Gasteiger partial charge is 0.246 e. The SMILES string of the molecule is CCOCCN[C@H](C(=O)N[C@@H](C)C(=O)Nc1ccccc1)C(C)C. The van der Waals surface area contributed by atoms with Crippen molar-refractivity contribution in [3.63, 3.8) is 0 Å². The minimum Gasteiger partial charge on any atom is -0.380 e. The maximum absolute atomic E-state index is 12.4. The Kier molecular flexibility index (Phi) is 9.04. The first-order valence-corrected chi connectivity index (χ1v) is 8.43. The lowest BCUT2D eigenvalue weighted by atomic mass is 10.0. The Morgan fingerprint density at radius 3 is 2.33 bits per heavy atom. The average molecular weight is 335 g/mol. The summed E-state index contributed by atoms with van der Waals surface area (Å²) >= 11 is 0. The van der Waals surface area contributed by atoms with E-state index in [1.807, 2.05) is 39.0 Å². The number of carbonyl (C=O) groups is 2. The second-order valence-corrected chi connectivity index (χ2v) is 5.96. The molecule has 0 saturated heterocycles. The molecule has 0 unspecified atom stereocenters. The fourth-order valence-corrected chi connectivity index (χ4v) is 2.20. The largest absolute Gasteiger partial charge is 0.380 e. The average Bonchev–Trinajstić information content (AvgIpc) is 2.55. The minimum absolute atomic E-state index is 0.107. The van der Waals surface area contributed by atoms with Gasteiger partial charge in [-0.05, 0) is 31.9 Å². The molecule has 3 N–H and O–H groups in total. The van der Waals surface area contributed by atoms with Gasteiger partial charge in [0, 0.05) is 18.8 Å². The van der Waals surface area contributed by atoms with Crippen LogP contribution in [0.25, 0.3) is 0 Å². The van der Waals surface area contributed by atoms with Gasteiger partial charge in [0.05, 0.1) is 12.6 Å². The predicted molar refractivity (Wildman–Crippen MR) is 95.8 cm³/mol. The van der Waals surface area contributed by atoms with E-state index in [0.29, 0.717) is 25.4 Å². The van der Waals surface area contributed by atoms with Crippen molar-refractivity contribution in [1.29, 1.82) is 0 Å². The molecule has 24 heavy (non-hydrogen) atoms. The Balaban J connectivity index is 2.51. The summed E-state index contributed by atoms with van der Waals surface area (Å²) in [4.78, 5) is 24.6. The molecular weight excluding hydrogens is 306 g/mol. The molecule has 134 valence electrons. The van der Waals surface area contributed by atoms with Gasteiger partial charge in [0.15, 0.2) is 0 Å². The van der Waals surface area contributed by atoms with Gasteiger partial charge < -0.3 is 20.7 Å². The van der Waals surface area contributed by atoms with Gasteiger partial charge in [-0.25, -0.2) is 0 Å². The van der Waals surface area contributed by atoms with Crippen molar-refractivity contribution in [2.45, 2.75) is 39.8 Å². The van der Waals surface area contributed by atoms with Gasteiger partial charge in [0.25, 0.3) is 0 Å². The van der Waals surface area contributed by atoms with E-state index < -0.39 is 6.04 Å². The summed E-state index contributed by atoms with van der Waals surface area (Å²) in [6.45, 7) is 9.33. The topological polar surface area (TPSA) is 79.5 Å². The molecule has 6 nitrogen and oxygen atoms in total. The molecule has 0 aliphatic carbocycles. The first kappa shape index (κ1) is 20.1. The summed E-state index contributed by atoms with van der Waals surface area (Å²) in [6.07, 6.45) is 0. The third-order valence-electron chi connectivity index (χ3n) is 3.56. The third kappa shape index (κ3) is 7.10. The molecule has 1 rings (SSSR count). The van der Waals surface area contributed by atoms with Crippen molar-refractivity contribution in [2.24, 2.45) is 5.92 Å². The van der Waals surface area contributed by atoms with Crippen LogP contribution in [0.4, 0.5) is 5.69 Å². The standard InChI is InChI=1S/C18H29N3O3/c1-5-24-12-11-19-16(13(2)3)18(23)20-14(4)17(22)21-15-9-7-6-8-10-15/h6-10,13-14,16,19H,5,11-12H2,1-4H3,(H,20,23)(H,21,22)/t14-,16-/m0/s1. The quantitative estimate of drug-likeness (QED) is 0.570. The van der Waals surface area contributed by atoms with E-state index in [9.17, 15) is 9.59 Å². The maximum atomic E-state index is 12.4. The molecule has 1 aromatic carbocycles. The van der Waals surface area contributed by atoms with E-state index in [1.165, 1.54) is 0 Å². The maximum Gasteiger partial charge on any atom is 0.246 e. The lowest BCUT2D eigenvalue weighted by molar-refractivity contribution is -0.128. The Bertz CT molecular complexity index is 505. The van der Waals surface area contributed by atoms with E-state index in [4.69, 9.17) is 4.74 Å². The molecule has 2 amide bonds. The molecule has 0 spiro atoms. The predicted octanol–water partition coefficient (Wildman–Crippen LogP) is 1.78. The van der Waals surface area contributed by atoms with Crippen molar-refractivity contribution in [3.8, 4) is 0 Å². The molecule has 0 heterocycles. The number of para-hydroxylation sites is 1. The van der Waals surface area contributed by atoms with Gasteiger partial charge in [0.2, 0.25) is 11.8 Å². The van der Waals surface area contributed by atoms with Crippen LogP contribution < -0.4 is 16.0 Å². The minimum atomic E-state index is -0.618. The monoisotopic (exact) mass is 335 g/mol. The zero-order chi connectivity index (χ0) is 17.9. The van der Waals surface area contributed by atoms with E-state index in [2.05, 4.69) is 16.0 Å². The van der Waals surface area contributed by atoms with Crippen molar-refractivity contribution >= 4 is 17.5 Å². The summed E-state index contributed by atoms with van der Waals surface area (Å²) < 4.78 is 5.27. The van der Waals surface area contributed by atoms with Gasteiger partial charge >= 0.3 is 0 Å². The number of anilines is 1. The summed E-state index contributed by atoms with van der Waals surface area (Å²) in [5.41, 5.74) is 0.707. The second kappa shape index (κ2) is 10.8. The molecular formula is C18H29N3O3. The number of hydrogen-bond acceptors (Lipinski definition) is 4. The van der Waals surface area contributed by atoms with Crippen LogP contribution in [0.3, 0.4) is 0 Å². The summed E-state index contributed by atoms with van der Waals surface area (Å²) in [5.74, 6) is -0.320. The first-order chi connectivity index (χ1) is 11.5. The first-order valence-electron chi connectivity index (χ1n) is 8.43. The van der Waals surface area contributed by atoms with Gasteiger partial charge in [-0.3, -0.25) is 9.59 Å². The van der Waals surface area contributed by atoms with Crippen LogP contribution in [0.15, 0.2) is 30.3 Å². The molecule has 0 saturated carbocycles. The van der Waals surface area contributed by atoms with Gasteiger partial charge in [-0.1, -0.05) is 32.0 Å². The molecule has 6 heteroatoms. The van der Waals surface area contributed by atoms with Crippen LogP contribution in [0.2, 0.25) is 0 Å². The molecule has 0 aromatic heterocycles. The van der Waals surface area contributed by atoms with Gasteiger partial charge in [0.1, 0.15) is 6.04 Å². The highest BCUT2D eigenvalue weighted by Crippen LogP contribution is 2.06. The number of nitrogens with one attached hydrogen (secondary N) is 3. The summed E-state index contributed by atoms with van der Waals surface area (Å²) in [6, 6.07) is 8.19. The molecule has 0 aliphatic rings. The Labute approximate surface area is 144 Å². The highest BCUT2D eigenvalue weighted by Gasteiger charge is 2.24. The Morgan fingerprint density at radius 2 is 1.75 bits per heavy atom. The number of hydrogen-bond donors (Lipinski definition) is 3. The zero-order valence-electron chi connectivity index (χ0n) is 15.0. The number of rotatable bonds is 10. The van der Waals surface area contributed by atoms with E-state index in [-0.39, 0.29) is 23.8 Å². The van der Waals surface area contributed by atoms with Crippen LogP contribution in [0.5, 0.6) is 0 Å². The summed E-state index contributed by atoms with van der Waals surface area (Å²) in [5, 5.41) is 8.73.